The number of hydrogen-bond donors (Lipinski definition) is 1. The Bertz CT molecular complexity index is 1070. The minimum atomic E-state index is -4.73. The molecule has 0 fully saturated rings. The molecule has 0 radical (unpaired) electrons. The molecule has 0 aliphatic heterocycles. The third-order valence-electron chi connectivity index (χ3n) is 3.71. The standard InChI is InChI=1S/C15H11F6N7O2/c1-6(23-12(29)7-5-9(15(19,20)21)26-28(7)2)13-25-11(27-30-13)10-22-4-3-8(24-10)14(16,17)18/h3-6H,1-2H3,(H,23,29). The molecule has 9 nitrogen and oxygen atoms in total. The van der Waals surface area contributed by atoms with E-state index in [1.165, 1.54) is 6.92 Å². The Hall–Kier alpha value is -3.52. The summed E-state index contributed by atoms with van der Waals surface area (Å²) in [5, 5.41) is 9.03. The first-order valence-electron chi connectivity index (χ1n) is 8.02. The summed E-state index contributed by atoms with van der Waals surface area (Å²) in [4.78, 5) is 23.0. The van der Waals surface area contributed by atoms with E-state index >= 15 is 0 Å². The first kappa shape index (κ1) is 21.2. The summed E-state index contributed by atoms with van der Waals surface area (Å²) < 4.78 is 82.0. The summed E-state index contributed by atoms with van der Waals surface area (Å²) in [5.74, 6) is -1.96. The average Bonchev–Trinajstić information content (AvgIpc) is 3.28. The van der Waals surface area contributed by atoms with Gasteiger partial charge in [0.05, 0.1) is 0 Å². The second-order valence-corrected chi connectivity index (χ2v) is 5.95. The Labute approximate surface area is 163 Å². The second kappa shape index (κ2) is 7.38. The van der Waals surface area contributed by atoms with E-state index in [2.05, 4.69) is 30.5 Å². The van der Waals surface area contributed by atoms with Crippen LogP contribution in [0.1, 0.15) is 40.7 Å². The van der Waals surface area contributed by atoms with Gasteiger partial charge in [-0.15, -0.1) is 0 Å². The summed E-state index contributed by atoms with van der Waals surface area (Å²) in [6, 6.07) is 0.239. The molecule has 0 bridgehead atoms. The van der Waals surface area contributed by atoms with E-state index in [0.717, 1.165) is 17.9 Å². The highest BCUT2D eigenvalue weighted by Crippen LogP contribution is 2.29. The highest BCUT2D eigenvalue weighted by molar-refractivity contribution is 5.92. The molecule has 160 valence electrons. The van der Waals surface area contributed by atoms with E-state index in [9.17, 15) is 31.1 Å². The molecule has 3 rings (SSSR count). The van der Waals surface area contributed by atoms with Gasteiger partial charge in [0, 0.05) is 19.3 Å². The predicted octanol–water partition coefficient (Wildman–Crippen LogP) is 2.79. The largest absolute Gasteiger partial charge is 0.435 e. The van der Waals surface area contributed by atoms with Crippen molar-refractivity contribution >= 4 is 5.91 Å². The molecule has 1 N–H and O–H groups in total. The van der Waals surface area contributed by atoms with Crippen LogP contribution in [-0.4, -0.2) is 35.8 Å². The van der Waals surface area contributed by atoms with Crippen LogP contribution in [0.3, 0.4) is 0 Å². The van der Waals surface area contributed by atoms with E-state index in [1.54, 1.807) is 0 Å². The number of alkyl halides is 6. The van der Waals surface area contributed by atoms with Crippen molar-refractivity contribution in [1.82, 2.24) is 35.2 Å². The van der Waals surface area contributed by atoms with Crippen molar-refractivity contribution in [3.05, 3.63) is 41.3 Å². The van der Waals surface area contributed by atoms with Gasteiger partial charge in [0.2, 0.25) is 17.5 Å². The highest BCUT2D eigenvalue weighted by atomic mass is 19.4. The van der Waals surface area contributed by atoms with Crippen molar-refractivity contribution in [2.45, 2.75) is 25.3 Å². The molecule has 0 spiro atoms. The summed E-state index contributed by atoms with van der Waals surface area (Å²) in [7, 11) is 1.16. The van der Waals surface area contributed by atoms with Crippen LogP contribution in [0.15, 0.2) is 22.9 Å². The van der Waals surface area contributed by atoms with Crippen molar-refractivity contribution < 1.29 is 35.7 Å². The molecule has 0 aliphatic carbocycles. The second-order valence-electron chi connectivity index (χ2n) is 5.95. The quantitative estimate of drug-likeness (QED) is 0.628. The van der Waals surface area contributed by atoms with Crippen molar-refractivity contribution in [3.63, 3.8) is 0 Å². The van der Waals surface area contributed by atoms with Gasteiger partial charge in [-0.25, -0.2) is 9.97 Å². The maximum atomic E-state index is 12.8. The lowest BCUT2D eigenvalue weighted by Crippen LogP contribution is -2.28. The van der Waals surface area contributed by atoms with Gasteiger partial charge in [-0.1, -0.05) is 5.16 Å². The van der Waals surface area contributed by atoms with Crippen molar-refractivity contribution in [1.29, 1.82) is 0 Å². The molecule has 3 heterocycles. The molecule has 0 aliphatic rings. The van der Waals surface area contributed by atoms with Gasteiger partial charge in [-0.05, 0) is 13.0 Å². The Morgan fingerprint density at radius 1 is 1.10 bits per heavy atom. The number of halogens is 6. The lowest BCUT2D eigenvalue weighted by Gasteiger charge is -2.09. The van der Waals surface area contributed by atoms with Gasteiger partial charge in [0.15, 0.2) is 5.69 Å². The topological polar surface area (TPSA) is 112 Å². The Kier molecular flexibility index (Phi) is 5.22. The number of aromatic nitrogens is 6. The Morgan fingerprint density at radius 3 is 2.37 bits per heavy atom. The minimum Gasteiger partial charge on any atom is -0.339 e. The lowest BCUT2D eigenvalue weighted by molar-refractivity contribution is -0.142. The number of carbonyl (C=O) groups is 1. The molecule has 3 aromatic heterocycles. The van der Waals surface area contributed by atoms with Crippen LogP contribution in [0.4, 0.5) is 26.3 Å². The fourth-order valence-electron chi connectivity index (χ4n) is 2.28. The zero-order chi connectivity index (χ0) is 22.3. The molecule has 1 amide bonds. The number of carbonyl (C=O) groups excluding carboxylic acids is 1. The number of amides is 1. The Morgan fingerprint density at radius 2 is 1.77 bits per heavy atom. The maximum absolute atomic E-state index is 12.8. The molecular weight excluding hydrogens is 424 g/mol. The van der Waals surface area contributed by atoms with E-state index in [-0.39, 0.29) is 17.4 Å². The predicted molar refractivity (Wildman–Crippen MR) is 84.4 cm³/mol. The molecule has 0 saturated heterocycles. The molecule has 15 heteroatoms. The third-order valence-corrected chi connectivity index (χ3v) is 3.71. The smallest absolute Gasteiger partial charge is 0.339 e. The van der Waals surface area contributed by atoms with Crippen LogP contribution in [0.2, 0.25) is 0 Å². The molecule has 3 aromatic rings. The number of aryl methyl sites for hydroxylation is 1. The van der Waals surface area contributed by atoms with Crippen LogP contribution < -0.4 is 5.32 Å². The SMILES string of the molecule is CC(NC(=O)c1cc(C(F)(F)F)nn1C)c1nc(-c2nccc(C(F)(F)F)n2)no1. The zero-order valence-electron chi connectivity index (χ0n) is 15.1. The number of nitrogens with one attached hydrogen (secondary N) is 1. The normalized spacial score (nSPS) is 13.3. The van der Waals surface area contributed by atoms with Gasteiger partial charge in [0.25, 0.3) is 5.91 Å². The fourth-order valence-corrected chi connectivity index (χ4v) is 2.28. The summed E-state index contributed by atoms with van der Waals surface area (Å²) in [5.41, 5.74) is -2.84. The molecule has 30 heavy (non-hydrogen) atoms. The minimum absolute atomic E-state index is 0.224. The molecule has 0 saturated carbocycles. The average molecular weight is 435 g/mol. The maximum Gasteiger partial charge on any atom is 0.435 e. The summed E-state index contributed by atoms with van der Waals surface area (Å²) in [6.45, 7) is 1.38. The van der Waals surface area contributed by atoms with Gasteiger partial charge in [-0.2, -0.15) is 36.4 Å². The first-order valence-corrected chi connectivity index (χ1v) is 8.02. The van der Waals surface area contributed by atoms with Gasteiger partial charge in [0.1, 0.15) is 17.4 Å². The molecule has 1 unspecified atom stereocenters. The summed E-state index contributed by atoms with van der Waals surface area (Å²) >= 11 is 0. The van der Waals surface area contributed by atoms with Gasteiger partial charge < -0.3 is 9.84 Å². The van der Waals surface area contributed by atoms with Crippen LogP contribution in [0, 0.1) is 0 Å². The van der Waals surface area contributed by atoms with Crippen molar-refractivity contribution in [3.8, 4) is 11.6 Å². The Balaban J connectivity index is 1.77. The number of nitrogens with zero attached hydrogens (tertiary/aromatic N) is 6. The first-order chi connectivity index (χ1) is 13.9. The van der Waals surface area contributed by atoms with Gasteiger partial charge in [-0.3, -0.25) is 9.48 Å². The van der Waals surface area contributed by atoms with E-state index < -0.39 is 41.5 Å². The van der Waals surface area contributed by atoms with Crippen molar-refractivity contribution in [2.24, 2.45) is 7.05 Å². The summed E-state index contributed by atoms with van der Waals surface area (Å²) in [6.07, 6.45) is -8.56. The van der Waals surface area contributed by atoms with Crippen LogP contribution in [0.25, 0.3) is 11.6 Å². The molecular formula is C15H11F6N7O2. The van der Waals surface area contributed by atoms with Crippen LogP contribution >= 0.6 is 0 Å². The molecule has 1 atom stereocenters. The van der Waals surface area contributed by atoms with E-state index in [4.69, 9.17) is 4.52 Å². The fraction of sp³-hybridized carbons (Fsp3) is 0.333. The monoisotopic (exact) mass is 435 g/mol. The molecule has 0 aromatic carbocycles. The van der Waals surface area contributed by atoms with Crippen LogP contribution in [0.5, 0.6) is 0 Å². The lowest BCUT2D eigenvalue weighted by atomic mass is 10.3. The van der Waals surface area contributed by atoms with E-state index in [1.807, 2.05) is 0 Å². The zero-order valence-corrected chi connectivity index (χ0v) is 15.1. The van der Waals surface area contributed by atoms with Gasteiger partial charge >= 0.3 is 12.4 Å². The highest BCUT2D eigenvalue weighted by Gasteiger charge is 2.36. The van der Waals surface area contributed by atoms with E-state index in [0.29, 0.717) is 12.1 Å². The third kappa shape index (κ3) is 4.38. The van der Waals surface area contributed by atoms with Crippen molar-refractivity contribution in [2.75, 3.05) is 0 Å². The number of rotatable bonds is 4. The number of hydrogen-bond acceptors (Lipinski definition) is 7. The van der Waals surface area contributed by atoms with Crippen LogP contribution in [-0.2, 0) is 19.4 Å².